The van der Waals surface area contributed by atoms with E-state index in [0.29, 0.717) is 39.7 Å². The Balaban J connectivity index is 1.55. The topological polar surface area (TPSA) is 89.2 Å². The second kappa shape index (κ2) is 10.0. The molecular weight excluding hydrogens is 494 g/mol. The molecule has 0 fully saturated rings. The zero-order chi connectivity index (χ0) is 26.1. The molecule has 5 rings (SSSR count). The van der Waals surface area contributed by atoms with Gasteiger partial charge in [-0.2, -0.15) is 0 Å². The summed E-state index contributed by atoms with van der Waals surface area (Å²) in [5.41, 5.74) is 1.89. The van der Waals surface area contributed by atoms with Crippen molar-refractivity contribution in [1.29, 1.82) is 0 Å². The number of rotatable bonds is 8. The molecule has 1 aliphatic rings. The van der Waals surface area contributed by atoms with Crippen LogP contribution >= 0.6 is 11.6 Å². The van der Waals surface area contributed by atoms with E-state index in [9.17, 15) is 14.7 Å². The van der Waals surface area contributed by atoms with Gasteiger partial charge in [0.25, 0.3) is 5.91 Å². The molecule has 0 spiro atoms. The molecule has 0 saturated carbocycles. The van der Waals surface area contributed by atoms with Crippen LogP contribution in [0.25, 0.3) is 11.0 Å². The van der Waals surface area contributed by atoms with Crippen molar-refractivity contribution in [3.05, 3.63) is 106 Å². The Labute approximate surface area is 218 Å². The van der Waals surface area contributed by atoms with Crippen LogP contribution in [0.1, 0.15) is 34.6 Å². The Kier molecular flexibility index (Phi) is 6.63. The molecule has 1 N–H and O–H groups in total. The number of ether oxygens (including phenoxy) is 2. The summed E-state index contributed by atoms with van der Waals surface area (Å²) in [7, 11) is 1.56. The Hall–Kier alpha value is -4.23. The lowest BCUT2D eigenvalue weighted by Gasteiger charge is -2.27. The third-order valence-corrected chi connectivity index (χ3v) is 6.50. The molecule has 3 aromatic carbocycles. The molecule has 0 bridgehead atoms. The lowest BCUT2D eigenvalue weighted by molar-refractivity contribution is -0.130. The van der Waals surface area contributed by atoms with Gasteiger partial charge in [-0.3, -0.25) is 9.59 Å². The predicted octanol–water partition coefficient (Wildman–Crippen LogP) is 6.27. The molecule has 37 heavy (non-hydrogen) atoms. The third kappa shape index (κ3) is 4.66. The number of amides is 1. The minimum Gasteiger partial charge on any atom is -0.503 e. The van der Waals surface area contributed by atoms with Crippen molar-refractivity contribution in [2.45, 2.75) is 19.5 Å². The molecule has 1 aliphatic heterocycles. The SMILES string of the molecule is CCOc1ccc(CN2C(=O)C(O)=C(C(=O)c3cc4cc(Cl)ccc4o3)C2c2ccc(OC)cc2)cc1. The highest BCUT2D eigenvalue weighted by Gasteiger charge is 2.44. The average molecular weight is 518 g/mol. The van der Waals surface area contributed by atoms with Crippen LogP contribution in [0.3, 0.4) is 0 Å². The quantitative estimate of drug-likeness (QED) is 0.277. The number of carbonyl (C=O) groups is 2. The summed E-state index contributed by atoms with van der Waals surface area (Å²) in [6.07, 6.45) is 0. The second-order valence-electron chi connectivity index (χ2n) is 8.57. The van der Waals surface area contributed by atoms with Gasteiger partial charge < -0.3 is 23.9 Å². The Bertz CT molecular complexity index is 1500. The fourth-order valence-electron chi connectivity index (χ4n) is 4.49. The second-order valence-corrected chi connectivity index (χ2v) is 9.01. The predicted molar refractivity (Wildman–Crippen MR) is 139 cm³/mol. The highest BCUT2D eigenvalue weighted by molar-refractivity contribution is 6.31. The van der Waals surface area contributed by atoms with Crippen LogP contribution in [0.15, 0.2) is 88.5 Å². The van der Waals surface area contributed by atoms with Gasteiger partial charge in [0.05, 0.1) is 25.3 Å². The molecule has 2 heterocycles. The van der Waals surface area contributed by atoms with Gasteiger partial charge in [0.2, 0.25) is 5.78 Å². The fraction of sp³-hybridized carbons (Fsp3) is 0.172. The first-order valence-corrected chi connectivity index (χ1v) is 12.1. The van der Waals surface area contributed by atoms with Gasteiger partial charge >= 0.3 is 0 Å². The molecular formula is C29H24ClNO6. The smallest absolute Gasteiger partial charge is 0.290 e. The standard InChI is InChI=1S/C29H24ClNO6/c1-3-36-22-9-4-17(5-10-22)16-31-26(18-6-11-21(35-2)12-7-18)25(28(33)29(31)34)27(32)24-15-19-14-20(30)8-13-23(19)37-24/h4-15,26,33H,3,16H2,1-2H3. The molecule has 0 aliphatic carbocycles. The van der Waals surface area contributed by atoms with Gasteiger partial charge in [0, 0.05) is 17.0 Å². The number of halogens is 1. The zero-order valence-corrected chi connectivity index (χ0v) is 21.0. The molecule has 7 nitrogen and oxygen atoms in total. The van der Waals surface area contributed by atoms with Crippen molar-refractivity contribution in [3.8, 4) is 11.5 Å². The summed E-state index contributed by atoms with van der Waals surface area (Å²) in [6.45, 7) is 2.61. The number of hydrogen-bond acceptors (Lipinski definition) is 6. The van der Waals surface area contributed by atoms with Crippen LogP contribution in [0.5, 0.6) is 11.5 Å². The molecule has 4 aromatic rings. The van der Waals surface area contributed by atoms with Crippen molar-refractivity contribution >= 4 is 34.3 Å². The van der Waals surface area contributed by atoms with E-state index in [1.807, 2.05) is 31.2 Å². The summed E-state index contributed by atoms with van der Waals surface area (Å²) >= 11 is 6.08. The first-order chi connectivity index (χ1) is 17.9. The number of fused-ring (bicyclic) bond motifs is 1. The highest BCUT2D eigenvalue weighted by Crippen LogP contribution is 2.41. The van der Waals surface area contributed by atoms with Crippen molar-refractivity contribution < 1.29 is 28.6 Å². The van der Waals surface area contributed by atoms with Crippen LogP contribution < -0.4 is 9.47 Å². The fourth-order valence-corrected chi connectivity index (χ4v) is 4.68. The van der Waals surface area contributed by atoms with Crippen molar-refractivity contribution in [3.63, 3.8) is 0 Å². The summed E-state index contributed by atoms with van der Waals surface area (Å²) in [5.74, 6) is -0.470. The number of aliphatic hydroxyl groups is 1. The number of carbonyl (C=O) groups excluding carboxylic acids is 2. The van der Waals surface area contributed by atoms with E-state index in [0.717, 1.165) is 5.56 Å². The van der Waals surface area contributed by atoms with Gasteiger partial charge in [-0.05, 0) is 66.6 Å². The number of Topliss-reactive ketones (excluding diaryl/α,β-unsaturated/α-hetero) is 1. The Morgan fingerprint density at radius 2 is 1.73 bits per heavy atom. The third-order valence-electron chi connectivity index (χ3n) is 6.27. The van der Waals surface area contributed by atoms with Gasteiger partial charge in [0.1, 0.15) is 17.1 Å². The highest BCUT2D eigenvalue weighted by atomic mass is 35.5. The molecule has 1 aromatic heterocycles. The number of benzene rings is 3. The van der Waals surface area contributed by atoms with E-state index >= 15 is 0 Å². The number of hydrogen-bond donors (Lipinski definition) is 1. The molecule has 0 saturated heterocycles. The summed E-state index contributed by atoms with van der Waals surface area (Å²) in [4.78, 5) is 28.5. The van der Waals surface area contributed by atoms with Crippen molar-refractivity contribution in [2.24, 2.45) is 0 Å². The summed E-state index contributed by atoms with van der Waals surface area (Å²) in [5, 5.41) is 12.1. The number of methoxy groups -OCH3 is 1. The number of aliphatic hydroxyl groups excluding tert-OH is 1. The van der Waals surface area contributed by atoms with Crippen LogP contribution in [0, 0.1) is 0 Å². The summed E-state index contributed by atoms with van der Waals surface area (Å²) < 4.78 is 16.5. The monoisotopic (exact) mass is 517 g/mol. The molecule has 1 unspecified atom stereocenters. The normalized spacial score (nSPS) is 15.5. The minimum atomic E-state index is -0.839. The number of furan rings is 1. The van der Waals surface area contributed by atoms with Gasteiger partial charge in [-0.1, -0.05) is 35.9 Å². The van der Waals surface area contributed by atoms with Gasteiger partial charge in [-0.25, -0.2) is 0 Å². The first-order valence-electron chi connectivity index (χ1n) is 11.7. The van der Waals surface area contributed by atoms with Gasteiger partial charge in [-0.15, -0.1) is 0 Å². The van der Waals surface area contributed by atoms with E-state index in [2.05, 4.69) is 0 Å². The van der Waals surface area contributed by atoms with E-state index in [1.54, 1.807) is 55.6 Å². The van der Waals surface area contributed by atoms with E-state index < -0.39 is 23.5 Å². The van der Waals surface area contributed by atoms with Crippen molar-refractivity contribution in [2.75, 3.05) is 13.7 Å². The number of nitrogens with zero attached hydrogens (tertiary/aromatic N) is 1. The maximum absolute atomic E-state index is 13.7. The largest absolute Gasteiger partial charge is 0.503 e. The molecule has 1 atom stereocenters. The Morgan fingerprint density at radius 1 is 1.03 bits per heavy atom. The zero-order valence-electron chi connectivity index (χ0n) is 20.2. The lowest BCUT2D eigenvalue weighted by atomic mass is 9.94. The van der Waals surface area contributed by atoms with Crippen LogP contribution in [-0.4, -0.2) is 35.4 Å². The van der Waals surface area contributed by atoms with E-state index in [4.69, 9.17) is 25.5 Å². The van der Waals surface area contributed by atoms with Crippen LogP contribution in [0.2, 0.25) is 5.02 Å². The Morgan fingerprint density at radius 3 is 2.41 bits per heavy atom. The van der Waals surface area contributed by atoms with Crippen molar-refractivity contribution in [1.82, 2.24) is 4.90 Å². The molecule has 188 valence electrons. The van der Waals surface area contributed by atoms with Crippen LogP contribution in [0.4, 0.5) is 0 Å². The van der Waals surface area contributed by atoms with E-state index in [1.165, 1.54) is 4.90 Å². The van der Waals surface area contributed by atoms with E-state index in [-0.39, 0.29) is 17.9 Å². The minimum absolute atomic E-state index is 0.00745. The maximum atomic E-state index is 13.7. The maximum Gasteiger partial charge on any atom is 0.290 e. The average Bonchev–Trinajstić information content (AvgIpc) is 3.44. The lowest BCUT2D eigenvalue weighted by Crippen LogP contribution is -2.30. The molecule has 8 heteroatoms. The van der Waals surface area contributed by atoms with Gasteiger partial charge in [0.15, 0.2) is 11.5 Å². The number of ketones is 1. The summed E-state index contributed by atoms with van der Waals surface area (Å²) in [6, 6.07) is 20.1. The first kappa shape index (κ1) is 24.5. The molecule has 1 amide bonds. The molecule has 0 radical (unpaired) electrons. The van der Waals surface area contributed by atoms with Crippen LogP contribution in [-0.2, 0) is 11.3 Å².